The number of benzene rings is 3. The summed E-state index contributed by atoms with van der Waals surface area (Å²) in [4.78, 5) is 12.6. The Labute approximate surface area is 192 Å². The first-order valence-electron chi connectivity index (χ1n) is 9.85. The van der Waals surface area contributed by atoms with Crippen molar-refractivity contribution < 1.29 is 9.53 Å². The third-order valence-corrected chi connectivity index (χ3v) is 5.24. The van der Waals surface area contributed by atoms with Crippen LogP contribution in [0.15, 0.2) is 66.7 Å². The monoisotopic (exact) mass is 452 g/mol. The number of nitriles is 1. The molecule has 1 atom stereocenters. The van der Waals surface area contributed by atoms with Gasteiger partial charge in [-0.25, -0.2) is 0 Å². The van der Waals surface area contributed by atoms with Crippen molar-refractivity contribution in [2.75, 3.05) is 5.32 Å². The lowest BCUT2D eigenvalue weighted by Gasteiger charge is -2.16. The highest BCUT2D eigenvalue weighted by Crippen LogP contribution is 2.27. The summed E-state index contributed by atoms with van der Waals surface area (Å²) >= 11 is 12.0. The molecule has 0 unspecified atom stereocenters. The summed E-state index contributed by atoms with van der Waals surface area (Å²) in [5, 5.41) is 14.1. The Balaban J connectivity index is 1.72. The number of anilines is 2. The second kappa shape index (κ2) is 10.3. The zero-order valence-electron chi connectivity index (χ0n) is 17.2. The molecule has 0 radical (unpaired) electrons. The van der Waals surface area contributed by atoms with E-state index in [9.17, 15) is 10.1 Å². The predicted octanol–water partition coefficient (Wildman–Crippen LogP) is 7.21. The summed E-state index contributed by atoms with van der Waals surface area (Å²) in [6.45, 7) is 4.08. The minimum atomic E-state index is -1.01. The number of nitrogens with one attached hydrogen (secondary N) is 1. The van der Waals surface area contributed by atoms with Crippen LogP contribution in [0.3, 0.4) is 0 Å². The lowest BCUT2D eigenvalue weighted by Crippen LogP contribution is -2.14. The van der Waals surface area contributed by atoms with Crippen molar-refractivity contribution in [2.45, 2.75) is 32.3 Å². The van der Waals surface area contributed by atoms with Crippen LogP contribution in [-0.2, 0) is 16.0 Å². The summed E-state index contributed by atoms with van der Waals surface area (Å²) in [5.41, 5.74) is 4.06. The zero-order chi connectivity index (χ0) is 22.4. The first-order valence-corrected chi connectivity index (χ1v) is 10.6. The van der Waals surface area contributed by atoms with Crippen molar-refractivity contribution in [2.24, 2.45) is 0 Å². The van der Waals surface area contributed by atoms with Crippen molar-refractivity contribution in [3.63, 3.8) is 0 Å². The smallest absolute Gasteiger partial charge is 0.311 e. The fourth-order valence-corrected chi connectivity index (χ4v) is 3.55. The molecular formula is C25H22Cl2N2O2. The summed E-state index contributed by atoms with van der Waals surface area (Å²) in [7, 11) is 0. The predicted molar refractivity (Wildman–Crippen MR) is 125 cm³/mol. The number of carbonyl (C=O) groups excluding carboxylic acids is 1. The maximum absolute atomic E-state index is 12.6. The van der Waals surface area contributed by atoms with Gasteiger partial charge >= 0.3 is 5.97 Å². The van der Waals surface area contributed by atoms with E-state index < -0.39 is 12.1 Å². The Kier molecular flexibility index (Phi) is 7.57. The summed E-state index contributed by atoms with van der Waals surface area (Å²) in [6, 6.07) is 22.0. The van der Waals surface area contributed by atoms with Crippen molar-refractivity contribution in [1.29, 1.82) is 5.26 Å². The van der Waals surface area contributed by atoms with Gasteiger partial charge in [-0.3, -0.25) is 4.79 Å². The van der Waals surface area contributed by atoms with Crippen LogP contribution in [0.1, 0.15) is 42.6 Å². The van der Waals surface area contributed by atoms with Crippen LogP contribution in [0.4, 0.5) is 11.4 Å². The van der Waals surface area contributed by atoms with E-state index in [0.717, 1.165) is 22.5 Å². The van der Waals surface area contributed by atoms with Gasteiger partial charge in [-0.15, -0.1) is 0 Å². The Morgan fingerprint density at radius 1 is 1.00 bits per heavy atom. The molecule has 0 amide bonds. The number of halogens is 2. The van der Waals surface area contributed by atoms with E-state index in [1.165, 1.54) is 0 Å². The third kappa shape index (κ3) is 6.24. The van der Waals surface area contributed by atoms with Crippen molar-refractivity contribution in [1.82, 2.24) is 0 Å². The van der Waals surface area contributed by atoms with Gasteiger partial charge in [0.1, 0.15) is 6.07 Å². The molecule has 0 saturated heterocycles. The molecule has 3 rings (SSSR count). The summed E-state index contributed by atoms with van der Waals surface area (Å²) < 4.78 is 5.50. The Morgan fingerprint density at radius 2 is 1.71 bits per heavy atom. The minimum Gasteiger partial charge on any atom is -0.442 e. The van der Waals surface area contributed by atoms with Gasteiger partial charge in [0.2, 0.25) is 6.10 Å². The van der Waals surface area contributed by atoms with Gasteiger partial charge in [-0.2, -0.15) is 5.26 Å². The first-order chi connectivity index (χ1) is 14.9. The minimum absolute atomic E-state index is 0.0750. The highest BCUT2D eigenvalue weighted by molar-refractivity contribution is 6.30. The molecule has 0 heterocycles. The topological polar surface area (TPSA) is 62.1 Å². The lowest BCUT2D eigenvalue weighted by atomic mass is 9.95. The molecule has 3 aromatic rings. The molecule has 0 saturated carbocycles. The number of carbonyl (C=O) groups is 1. The van der Waals surface area contributed by atoms with Gasteiger partial charge < -0.3 is 10.1 Å². The second-order valence-corrected chi connectivity index (χ2v) is 8.30. The normalized spacial score (nSPS) is 11.6. The van der Waals surface area contributed by atoms with E-state index in [4.69, 9.17) is 27.9 Å². The van der Waals surface area contributed by atoms with Crippen LogP contribution < -0.4 is 5.32 Å². The average Bonchev–Trinajstić information content (AvgIpc) is 2.75. The van der Waals surface area contributed by atoms with Gasteiger partial charge in [0.15, 0.2) is 0 Å². The first kappa shape index (κ1) is 22.7. The SMILES string of the molecule is CC(C)c1cc(Cl)ccc1CC(=O)O[C@H](C#N)c1cccc(Nc2ccc(Cl)cc2)c1. The van der Waals surface area contributed by atoms with E-state index >= 15 is 0 Å². The highest BCUT2D eigenvalue weighted by Gasteiger charge is 2.19. The molecule has 158 valence electrons. The van der Waals surface area contributed by atoms with Gasteiger partial charge in [0, 0.05) is 27.0 Å². The van der Waals surface area contributed by atoms with Crippen LogP contribution in [0.25, 0.3) is 0 Å². The Hall–Kier alpha value is -3.00. The number of rotatable bonds is 7. The van der Waals surface area contributed by atoms with E-state index in [1.807, 2.05) is 50.2 Å². The molecule has 6 heteroatoms. The molecular weight excluding hydrogens is 431 g/mol. The fourth-order valence-electron chi connectivity index (χ4n) is 3.24. The Morgan fingerprint density at radius 3 is 2.39 bits per heavy atom. The molecule has 4 nitrogen and oxygen atoms in total. The molecule has 0 aliphatic heterocycles. The maximum atomic E-state index is 12.6. The van der Waals surface area contributed by atoms with Crippen molar-refractivity contribution >= 4 is 40.5 Å². The second-order valence-electron chi connectivity index (χ2n) is 7.43. The summed E-state index contributed by atoms with van der Waals surface area (Å²) in [5.74, 6) is -0.254. The molecule has 31 heavy (non-hydrogen) atoms. The number of hydrogen-bond donors (Lipinski definition) is 1. The van der Waals surface area contributed by atoms with Gasteiger partial charge in [-0.05, 0) is 65.6 Å². The van der Waals surface area contributed by atoms with Crippen molar-refractivity contribution in [3.8, 4) is 6.07 Å². The summed E-state index contributed by atoms with van der Waals surface area (Å²) in [6.07, 6.45) is -0.930. The molecule has 0 bridgehead atoms. The highest BCUT2D eigenvalue weighted by atomic mass is 35.5. The van der Waals surface area contributed by atoms with Crippen LogP contribution >= 0.6 is 23.2 Å². The molecule has 1 N–H and O–H groups in total. The van der Waals surface area contributed by atoms with E-state index in [2.05, 4.69) is 11.4 Å². The number of esters is 1. The average molecular weight is 453 g/mol. The number of ether oxygens (including phenoxy) is 1. The molecule has 0 aliphatic carbocycles. The van der Waals surface area contributed by atoms with Crippen molar-refractivity contribution in [3.05, 3.63) is 93.5 Å². The molecule has 0 fully saturated rings. The van der Waals surface area contributed by atoms with E-state index in [-0.39, 0.29) is 12.3 Å². The van der Waals surface area contributed by atoms with Gasteiger partial charge in [0.05, 0.1) is 6.42 Å². The van der Waals surface area contributed by atoms with Crippen LogP contribution in [0.5, 0.6) is 0 Å². The van der Waals surface area contributed by atoms with Gasteiger partial charge in [-0.1, -0.05) is 55.2 Å². The standard InChI is InChI=1S/C25H22Cl2N2O2/c1-16(2)23-14-20(27)7-6-17(23)13-25(30)31-24(15-28)18-4-3-5-22(12-18)29-21-10-8-19(26)9-11-21/h3-12,14,16,24,29H,13H2,1-2H3/t24-/m1/s1. The zero-order valence-corrected chi connectivity index (χ0v) is 18.7. The van der Waals surface area contributed by atoms with E-state index in [0.29, 0.717) is 15.6 Å². The molecule has 3 aromatic carbocycles. The number of nitrogens with zero attached hydrogens (tertiary/aromatic N) is 1. The third-order valence-electron chi connectivity index (χ3n) is 4.75. The van der Waals surface area contributed by atoms with Crippen LogP contribution in [0.2, 0.25) is 10.0 Å². The quantitative estimate of drug-likeness (QED) is 0.384. The molecule has 0 spiro atoms. The largest absolute Gasteiger partial charge is 0.442 e. The number of hydrogen-bond acceptors (Lipinski definition) is 4. The maximum Gasteiger partial charge on any atom is 0.311 e. The molecule has 0 aliphatic rings. The lowest BCUT2D eigenvalue weighted by molar-refractivity contribution is -0.146. The Bertz CT molecular complexity index is 1110. The van der Waals surface area contributed by atoms with E-state index in [1.54, 1.807) is 30.3 Å². The molecule has 0 aromatic heterocycles. The van der Waals surface area contributed by atoms with Crippen LogP contribution in [-0.4, -0.2) is 5.97 Å². The van der Waals surface area contributed by atoms with Crippen LogP contribution in [0, 0.1) is 11.3 Å². The van der Waals surface area contributed by atoms with Gasteiger partial charge in [0.25, 0.3) is 0 Å². The fraction of sp³-hybridized carbons (Fsp3) is 0.200.